The van der Waals surface area contributed by atoms with Crippen molar-refractivity contribution in [3.8, 4) is 0 Å². The summed E-state index contributed by atoms with van der Waals surface area (Å²) in [6.07, 6.45) is 17.7. The van der Waals surface area contributed by atoms with Crippen molar-refractivity contribution in [1.82, 2.24) is 0 Å². The van der Waals surface area contributed by atoms with E-state index >= 15 is 0 Å². The van der Waals surface area contributed by atoms with Crippen LogP contribution in [-0.4, -0.2) is 6.21 Å². The minimum absolute atomic E-state index is 0.622. The third-order valence-electron chi connectivity index (χ3n) is 3.43. The van der Waals surface area contributed by atoms with Crippen LogP contribution in [-0.2, 0) is 0 Å². The predicted molar refractivity (Wildman–Crippen MR) is 88.7 cm³/mol. The van der Waals surface area contributed by atoms with Crippen molar-refractivity contribution < 1.29 is 0 Å². The fraction of sp³-hybridized carbons (Fsp3) is 0.611. The van der Waals surface area contributed by atoms with E-state index in [0.717, 1.165) is 0 Å². The van der Waals surface area contributed by atoms with Gasteiger partial charge in [0.2, 0.25) is 0 Å². The first-order chi connectivity index (χ1) is 9.29. The van der Waals surface area contributed by atoms with E-state index in [4.69, 9.17) is 0 Å². The highest BCUT2D eigenvalue weighted by atomic mass is 14.7. The fourth-order valence-electron chi connectivity index (χ4n) is 2.26. The standard InChI is InChI=1S/C18H31N/c1-5-9-11-12-14-18(13-10-6-2)17(8-4)16-19-15-7-3/h7-8,15-16,18H,3-6,9-14H2,1-2H3/b17-16+,19-15-. The maximum absolute atomic E-state index is 4.26. The van der Waals surface area contributed by atoms with Gasteiger partial charge in [-0.05, 0) is 24.3 Å². The second kappa shape index (κ2) is 13.3. The van der Waals surface area contributed by atoms with Crippen molar-refractivity contribution in [1.29, 1.82) is 0 Å². The maximum atomic E-state index is 4.26. The van der Waals surface area contributed by atoms with E-state index in [-0.39, 0.29) is 0 Å². The molecule has 19 heavy (non-hydrogen) atoms. The van der Waals surface area contributed by atoms with Crippen LogP contribution in [0.3, 0.4) is 0 Å². The van der Waals surface area contributed by atoms with Gasteiger partial charge in [-0.2, -0.15) is 0 Å². The topological polar surface area (TPSA) is 12.4 Å². The number of aliphatic imine (C=N–C) groups is 1. The Hall–Kier alpha value is -1.11. The van der Waals surface area contributed by atoms with Crippen molar-refractivity contribution in [2.45, 2.75) is 65.2 Å². The van der Waals surface area contributed by atoms with Crippen molar-refractivity contribution in [3.63, 3.8) is 0 Å². The Kier molecular flexibility index (Phi) is 12.5. The zero-order chi connectivity index (χ0) is 14.3. The molecule has 0 saturated heterocycles. The summed E-state index contributed by atoms with van der Waals surface area (Å²) in [5, 5.41) is 0. The second-order valence-electron chi connectivity index (χ2n) is 5.06. The number of nitrogens with zero attached hydrogens (tertiary/aromatic N) is 1. The van der Waals surface area contributed by atoms with Gasteiger partial charge in [0, 0.05) is 12.4 Å². The van der Waals surface area contributed by atoms with E-state index in [1.807, 2.05) is 12.3 Å². The van der Waals surface area contributed by atoms with Crippen LogP contribution in [0.15, 0.2) is 42.1 Å². The molecule has 0 aliphatic carbocycles. The molecule has 108 valence electrons. The number of rotatable bonds is 12. The van der Waals surface area contributed by atoms with Crippen molar-refractivity contribution in [3.05, 3.63) is 37.1 Å². The molecule has 0 aromatic heterocycles. The molecule has 0 aliphatic rings. The highest BCUT2D eigenvalue weighted by molar-refractivity contribution is 5.70. The predicted octanol–water partition coefficient (Wildman–Crippen LogP) is 6.09. The molecule has 0 heterocycles. The van der Waals surface area contributed by atoms with Crippen LogP contribution in [0.25, 0.3) is 0 Å². The highest BCUT2D eigenvalue weighted by Crippen LogP contribution is 2.25. The summed E-state index contributed by atoms with van der Waals surface area (Å²) in [6, 6.07) is 0. The van der Waals surface area contributed by atoms with Gasteiger partial charge in [0.15, 0.2) is 0 Å². The Bertz CT molecular complexity index is 286. The lowest BCUT2D eigenvalue weighted by molar-refractivity contribution is 0.470. The third kappa shape index (κ3) is 9.47. The van der Waals surface area contributed by atoms with E-state index < -0.39 is 0 Å². The Morgan fingerprint density at radius 3 is 2.26 bits per heavy atom. The summed E-state index contributed by atoms with van der Waals surface area (Å²) in [4.78, 5) is 4.26. The lowest BCUT2D eigenvalue weighted by Crippen LogP contribution is -2.03. The Labute approximate surface area is 120 Å². The lowest BCUT2D eigenvalue weighted by atomic mass is 9.88. The molecule has 0 radical (unpaired) electrons. The van der Waals surface area contributed by atoms with Crippen molar-refractivity contribution in [2.24, 2.45) is 10.9 Å². The molecule has 0 amide bonds. The van der Waals surface area contributed by atoms with E-state index in [1.165, 1.54) is 56.9 Å². The maximum Gasteiger partial charge on any atom is 0.0302 e. The summed E-state index contributed by atoms with van der Waals surface area (Å²) >= 11 is 0. The van der Waals surface area contributed by atoms with E-state index in [1.54, 1.807) is 12.3 Å². The first-order valence-corrected chi connectivity index (χ1v) is 7.76. The Morgan fingerprint density at radius 1 is 1.00 bits per heavy atom. The Balaban J connectivity index is 4.48. The van der Waals surface area contributed by atoms with Crippen LogP contribution in [0.4, 0.5) is 0 Å². The number of allylic oxidation sites excluding steroid dienone is 3. The summed E-state index contributed by atoms with van der Waals surface area (Å²) < 4.78 is 0. The van der Waals surface area contributed by atoms with Gasteiger partial charge in [-0.1, -0.05) is 77.7 Å². The minimum atomic E-state index is 0.622. The van der Waals surface area contributed by atoms with Gasteiger partial charge in [-0.15, -0.1) is 0 Å². The number of unbranched alkanes of at least 4 members (excludes halogenated alkanes) is 4. The molecule has 1 heteroatoms. The number of hydrogen-bond donors (Lipinski definition) is 0. The van der Waals surface area contributed by atoms with E-state index in [2.05, 4.69) is 32.0 Å². The highest BCUT2D eigenvalue weighted by Gasteiger charge is 2.11. The molecular formula is C18H31N. The van der Waals surface area contributed by atoms with Gasteiger partial charge < -0.3 is 0 Å². The van der Waals surface area contributed by atoms with Gasteiger partial charge in [0.25, 0.3) is 0 Å². The summed E-state index contributed by atoms with van der Waals surface area (Å²) in [7, 11) is 0. The van der Waals surface area contributed by atoms with Crippen molar-refractivity contribution >= 4 is 6.21 Å². The zero-order valence-corrected chi connectivity index (χ0v) is 12.9. The van der Waals surface area contributed by atoms with Gasteiger partial charge in [-0.3, -0.25) is 4.99 Å². The minimum Gasteiger partial charge on any atom is -0.264 e. The molecule has 0 bridgehead atoms. The molecule has 0 aliphatic heterocycles. The first-order valence-electron chi connectivity index (χ1n) is 7.76. The lowest BCUT2D eigenvalue weighted by Gasteiger charge is -2.17. The van der Waals surface area contributed by atoms with Crippen LogP contribution in [0.2, 0.25) is 0 Å². The van der Waals surface area contributed by atoms with Gasteiger partial charge in [0.1, 0.15) is 0 Å². The SMILES string of the molecule is C=C/C=N\C=C(/C=C)C(CCCC)CCCCCC. The first kappa shape index (κ1) is 17.9. The van der Waals surface area contributed by atoms with Gasteiger partial charge in [-0.25, -0.2) is 0 Å². The van der Waals surface area contributed by atoms with Gasteiger partial charge in [0.05, 0.1) is 0 Å². The molecule has 0 fully saturated rings. The monoisotopic (exact) mass is 261 g/mol. The normalized spacial score (nSPS) is 13.7. The molecule has 0 spiro atoms. The van der Waals surface area contributed by atoms with Crippen molar-refractivity contribution in [2.75, 3.05) is 0 Å². The Morgan fingerprint density at radius 2 is 1.68 bits per heavy atom. The average Bonchev–Trinajstić information content (AvgIpc) is 2.44. The number of hydrogen-bond acceptors (Lipinski definition) is 1. The largest absolute Gasteiger partial charge is 0.264 e. The van der Waals surface area contributed by atoms with Crippen LogP contribution in [0.5, 0.6) is 0 Å². The van der Waals surface area contributed by atoms with Crippen LogP contribution < -0.4 is 0 Å². The molecule has 1 atom stereocenters. The average molecular weight is 261 g/mol. The molecular weight excluding hydrogens is 230 g/mol. The fourth-order valence-corrected chi connectivity index (χ4v) is 2.26. The zero-order valence-electron chi connectivity index (χ0n) is 12.9. The van der Waals surface area contributed by atoms with Crippen LogP contribution >= 0.6 is 0 Å². The molecule has 0 aromatic carbocycles. The summed E-state index contributed by atoms with van der Waals surface area (Å²) in [6.45, 7) is 12.1. The van der Waals surface area contributed by atoms with Crippen LogP contribution in [0.1, 0.15) is 65.2 Å². The van der Waals surface area contributed by atoms with E-state index in [0.29, 0.717) is 5.92 Å². The van der Waals surface area contributed by atoms with E-state index in [9.17, 15) is 0 Å². The summed E-state index contributed by atoms with van der Waals surface area (Å²) in [5.74, 6) is 0.622. The summed E-state index contributed by atoms with van der Waals surface area (Å²) in [5.41, 5.74) is 1.28. The molecule has 0 N–H and O–H groups in total. The molecule has 0 saturated carbocycles. The quantitative estimate of drug-likeness (QED) is 0.229. The van der Waals surface area contributed by atoms with Gasteiger partial charge >= 0.3 is 0 Å². The second-order valence-corrected chi connectivity index (χ2v) is 5.06. The van der Waals surface area contributed by atoms with Crippen LogP contribution in [0, 0.1) is 5.92 Å². The third-order valence-corrected chi connectivity index (χ3v) is 3.43. The molecule has 0 rings (SSSR count). The smallest absolute Gasteiger partial charge is 0.0302 e. The molecule has 0 aromatic rings. The molecule has 1 nitrogen and oxygen atoms in total. The molecule has 1 unspecified atom stereocenters.